The lowest BCUT2D eigenvalue weighted by Crippen LogP contribution is -2.14. The molecule has 0 aliphatic heterocycles. The molecular formula is C21H19N5OS. The van der Waals surface area contributed by atoms with E-state index in [0.717, 1.165) is 45.9 Å². The van der Waals surface area contributed by atoms with E-state index >= 15 is 0 Å². The highest BCUT2D eigenvalue weighted by atomic mass is 32.2. The SMILES string of the molecule is C[C@H](Sc1nnc(-c2cccnc2)n1C1CC1)C(=O)c1c[nH]c2ccccc12. The number of nitrogens with zero attached hydrogens (tertiary/aromatic N) is 4. The fraction of sp³-hybridized carbons (Fsp3) is 0.238. The van der Waals surface area contributed by atoms with Gasteiger partial charge in [-0.25, -0.2) is 0 Å². The van der Waals surface area contributed by atoms with Crippen LogP contribution in [0, 0.1) is 0 Å². The first-order valence-electron chi connectivity index (χ1n) is 9.34. The standard InChI is InChI=1S/C21H19N5OS/c1-13(19(27)17-12-23-18-7-3-2-6-16(17)18)28-21-25-24-20(26(21)15-8-9-15)14-5-4-10-22-11-14/h2-7,10-13,15,23H,8-9H2,1H3/t13-/m0/s1. The van der Waals surface area contributed by atoms with Crippen LogP contribution in [0.1, 0.15) is 36.2 Å². The van der Waals surface area contributed by atoms with Crippen LogP contribution < -0.4 is 0 Å². The van der Waals surface area contributed by atoms with E-state index in [1.807, 2.05) is 43.3 Å². The lowest BCUT2D eigenvalue weighted by molar-refractivity contribution is 0.0995. The Morgan fingerprint density at radius 1 is 1.21 bits per heavy atom. The Hall–Kier alpha value is -2.93. The molecule has 0 spiro atoms. The summed E-state index contributed by atoms with van der Waals surface area (Å²) in [6.45, 7) is 1.93. The topological polar surface area (TPSA) is 76.5 Å². The summed E-state index contributed by atoms with van der Waals surface area (Å²) in [4.78, 5) is 20.5. The van der Waals surface area contributed by atoms with Gasteiger partial charge >= 0.3 is 0 Å². The Bertz CT molecular complexity index is 1150. The number of benzene rings is 1. The summed E-state index contributed by atoms with van der Waals surface area (Å²) in [7, 11) is 0. The Kier molecular flexibility index (Phi) is 4.24. The van der Waals surface area contributed by atoms with Gasteiger partial charge in [0.2, 0.25) is 0 Å². The van der Waals surface area contributed by atoms with Gasteiger partial charge in [-0.15, -0.1) is 10.2 Å². The molecule has 0 radical (unpaired) electrons. The van der Waals surface area contributed by atoms with Gasteiger partial charge in [-0.2, -0.15) is 0 Å². The van der Waals surface area contributed by atoms with Crippen molar-refractivity contribution in [3.8, 4) is 11.4 Å². The van der Waals surface area contributed by atoms with Crippen molar-refractivity contribution < 1.29 is 4.79 Å². The van der Waals surface area contributed by atoms with E-state index < -0.39 is 0 Å². The van der Waals surface area contributed by atoms with Crippen molar-refractivity contribution in [2.45, 2.75) is 36.2 Å². The Labute approximate surface area is 166 Å². The molecule has 3 aromatic heterocycles. The highest BCUT2D eigenvalue weighted by Gasteiger charge is 2.32. The summed E-state index contributed by atoms with van der Waals surface area (Å²) in [5, 5.41) is 10.3. The second-order valence-electron chi connectivity index (χ2n) is 7.02. The molecule has 5 rings (SSSR count). The third-order valence-electron chi connectivity index (χ3n) is 5.00. The van der Waals surface area contributed by atoms with Crippen LogP contribution in [0.25, 0.3) is 22.3 Å². The van der Waals surface area contributed by atoms with Crippen molar-refractivity contribution in [2.24, 2.45) is 0 Å². The molecule has 7 heteroatoms. The predicted molar refractivity (Wildman–Crippen MR) is 109 cm³/mol. The zero-order chi connectivity index (χ0) is 19.1. The monoisotopic (exact) mass is 389 g/mol. The Morgan fingerprint density at radius 3 is 2.86 bits per heavy atom. The first-order chi connectivity index (χ1) is 13.7. The highest BCUT2D eigenvalue weighted by molar-refractivity contribution is 8.00. The molecule has 1 atom stereocenters. The third-order valence-corrected chi connectivity index (χ3v) is 6.06. The molecule has 0 amide bonds. The molecule has 1 saturated carbocycles. The van der Waals surface area contributed by atoms with Crippen molar-refractivity contribution >= 4 is 28.4 Å². The molecule has 6 nitrogen and oxygen atoms in total. The number of hydrogen-bond donors (Lipinski definition) is 1. The minimum atomic E-state index is -0.261. The van der Waals surface area contributed by atoms with Crippen molar-refractivity contribution in [1.82, 2.24) is 24.7 Å². The number of Topliss-reactive ketones (excluding diaryl/α,β-unsaturated/α-hetero) is 1. The lowest BCUT2D eigenvalue weighted by Gasteiger charge is -2.12. The number of pyridine rings is 1. The van der Waals surface area contributed by atoms with Gasteiger partial charge in [0.15, 0.2) is 16.8 Å². The number of ketones is 1. The lowest BCUT2D eigenvalue weighted by atomic mass is 10.1. The van der Waals surface area contributed by atoms with Gasteiger partial charge < -0.3 is 4.98 Å². The molecule has 1 fully saturated rings. The predicted octanol–water partition coefficient (Wildman–Crippen LogP) is 4.52. The summed E-state index contributed by atoms with van der Waals surface area (Å²) in [6.07, 6.45) is 7.58. The maximum absolute atomic E-state index is 13.1. The average molecular weight is 389 g/mol. The largest absolute Gasteiger partial charge is 0.360 e. The number of aromatic nitrogens is 5. The molecule has 0 saturated heterocycles. The van der Waals surface area contributed by atoms with Crippen LogP contribution in [0.4, 0.5) is 0 Å². The molecular weight excluding hydrogens is 370 g/mol. The number of carbonyl (C=O) groups is 1. The van der Waals surface area contributed by atoms with Gasteiger partial charge in [0.25, 0.3) is 0 Å². The fourth-order valence-corrected chi connectivity index (χ4v) is 4.40. The van der Waals surface area contributed by atoms with E-state index in [4.69, 9.17) is 0 Å². The third kappa shape index (κ3) is 3.01. The maximum atomic E-state index is 13.1. The van der Waals surface area contributed by atoms with Gasteiger partial charge in [-0.05, 0) is 38.0 Å². The number of carbonyl (C=O) groups excluding carboxylic acids is 1. The van der Waals surface area contributed by atoms with Gasteiger partial charge in [0.05, 0.1) is 5.25 Å². The molecule has 0 bridgehead atoms. The molecule has 28 heavy (non-hydrogen) atoms. The van der Waals surface area contributed by atoms with Crippen molar-refractivity contribution in [2.75, 3.05) is 0 Å². The van der Waals surface area contributed by atoms with Crippen molar-refractivity contribution in [3.63, 3.8) is 0 Å². The number of para-hydroxylation sites is 1. The van der Waals surface area contributed by atoms with Gasteiger partial charge in [0.1, 0.15) is 0 Å². The number of aromatic amines is 1. The summed E-state index contributed by atoms with van der Waals surface area (Å²) < 4.78 is 2.17. The molecule has 0 unspecified atom stereocenters. The highest BCUT2D eigenvalue weighted by Crippen LogP contribution is 2.42. The minimum Gasteiger partial charge on any atom is -0.360 e. The van der Waals surface area contributed by atoms with E-state index in [2.05, 4.69) is 24.7 Å². The first-order valence-corrected chi connectivity index (χ1v) is 10.2. The number of rotatable bonds is 6. The summed E-state index contributed by atoms with van der Waals surface area (Å²) >= 11 is 1.47. The molecule has 1 aromatic carbocycles. The fourth-order valence-electron chi connectivity index (χ4n) is 3.42. The van der Waals surface area contributed by atoms with Crippen LogP contribution in [0.2, 0.25) is 0 Å². The molecule has 4 aromatic rings. The number of thioether (sulfide) groups is 1. The summed E-state index contributed by atoms with van der Waals surface area (Å²) in [6, 6.07) is 12.2. The zero-order valence-corrected chi connectivity index (χ0v) is 16.2. The smallest absolute Gasteiger partial charge is 0.192 e. The summed E-state index contributed by atoms with van der Waals surface area (Å²) in [5.74, 6) is 0.917. The number of H-pyrrole nitrogens is 1. The van der Waals surface area contributed by atoms with Crippen LogP contribution in [0.3, 0.4) is 0 Å². The van der Waals surface area contributed by atoms with Gasteiger partial charge in [0, 0.05) is 46.7 Å². The Balaban J connectivity index is 1.44. The summed E-state index contributed by atoms with van der Waals surface area (Å²) in [5.41, 5.74) is 2.65. The molecule has 1 N–H and O–H groups in total. The van der Waals surface area contributed by atoms with Crippen LogP contribution in [-0.2, 0) is 0 Å². The van der Waals surface area contributed by atoms with Crippen LogP contribution in [0.5, 0.6) is 0 Å². The van der Waals surface area contributed by atoms with Gasteiger partial charge in [-0.3, -0.25) is 14.3 Å². The second kappa shape index (κ2) is 6.91. The molecule has 140 valence electrons. The van der Waals surface area contributed by atoms with Crippen LogP contribution in [-0.4, -0.2) is 35.8 Å². The van der Waals surface area contributed by atoms with E-state index in [9.17, 15) is 4.79 Å². The zero-order valence-electron chi connectivity index (χ0n) is 15.4. The maximum Gasteiger partial charge on any atom is 0.192 e. The van der Waals surface area contributed by atoms with Gasteiger partial charge in [-0.1, -0.05) is 30.0 Å². The van der Waals surface area contributed by atoms with E-state index in [-0.39, 0.29) is 11.0 Å². The molecule has 1 aliphatic rings. The second-order valence-corrected chi connectivity index (χ2v) is 8.33. The number of nitrogens with one attached hydrogen (secondary N) is 1. The van der Waals surface area contributed by atoms with E-state index in [1.54, 1.807) is 18.6 Å². The molecule has 3 heterocycles. The van der Waals surface area contributed by atoms with E-state index in [1.165, 1.54) is 11.8 Å². The van der Waals surface area contributed by atoms with Crippen molar-refractivity contribution in [1.29, 1.82) is 0 Å². The number of fused-ring (bicyclic) bond motifs is 1. The quantitative estimate of drug-likeness (QED) is 0.388. The Morgan fingerprint density at radius 2 is 2.07 bits per heavy atom. The normalized spacial score (nSPS) is 15.0. The van der Waals surface area contributed by atoms with Crippen LogP contribution in [0.15, 0.2) is 60.1 Å². The first kappa shape index (κ1) is 17.2. The minimum absolute atomic E-state index is 0.0933. The molecule has 1 aliphatic carbocycles. The van der Waals surface area contributed by atoms with Crippen LogP contribution >= 0.6 is 11.8 Å². The van der Waals surface area contributed by atoms with E-state index in [0.29, 0.717) is 6.04 Å². The average Bonchev–Trinajstić information content (AvgIpc) is 3.34. The number of hydrogen-bond acceptors (Lipinski definition) is 5. The van der Waals surface area contributed by atoms with Crippen molar-refractivity contribution in [3.05, 3.63) is 60.6 Å².